The summed E-state index contributed by atoms with van der Waals surface area (Å²) in [5.74, 6) is 1.23. The third-order valence-corrected chi connectivity index (χ3v) is 4.29. The Labute approximate surface area is 158 Å². The molecule has 1 fully saturated rings. The maximum Gasteiger partial charge on any atom is 0.322 e. The molecular weight excluding hydrogens is 346 g/mol. The summed E-state index contributed by atoms with van der Waals surface area (Å²) in [5, 5.41) is 2.92. The highest BCUT2D eigenvalue weighted by atomic mass is 16.5. The van der Waals surface area contributed by atoms with Gasteiger partial charge in [-0.1, -0.05) is 26.0 Å². The number of piperazine rings is 1. The molecule has 7 nitrogen and oxygen atoms in total. The molecule has 7 heteroatoms. The lowest BCUT2D eigenvalue weighted by molar-refractivity contribution is 0.0640. The lowest BCUT2D eigenvalue weighted by Gasteiger charge is -2.34. The fraction of sp³-hybridized carbons (Fsp3) is 0.400. The number of amides is 3. The molecule has 144 valence electrons. The minimum absolute atomic E-state index is 0.146. The van der Waals surface area contributed by atoms with Crippen LogP contribution < -0.4 is 10.1 Å². The van der Waals surface area contributed by atoms with E-state index in [1.54, 1.807) is 21.9 Å². The number of furan rings is 1. The van der Waals surface area contributed by atoms with E-state index in [9.17, 15) is 9.59 Å². The summed E-state index contributed by atoms with van der Waals surface area (Å²) in [6.45, 7) is 6.60. The summed E-state index contributed by atoms with van der Waals surface area (Å²) < 4.78 is 10.9. The first-order valence-electron chi connectivity index (χ1n) is 9.15. The third kappa shape index (κ3) is 4.81. The van der Waals surface area contributed by atoms with Crippen molar-refractivity contribution in [2.24, 2.45) is 5.92 Å². The van der Waals surface area contributed by atoms with Gasteiger partial charge in [-0.05, 0) is 30.2 Å². The standard InChI is InChI=1S/C20H25N3O4/c1-15(2)14-27-17-7-4-3-6-16(17)21-20(25)23-11-9-22(10-12-23)19(24)18-8-5-13-26-18/h3-8,13,15H,9-12,14H2,1-2H3,(H,21,25). The van der Waals surface area contributed by atoms with Gasteiger partial charge in [0, 0.05) is 26.2 Å². The highest BCUT2D eigenvalue weighted by molar-refractivity contribution is 5.93. The molecule has 1 aliphatic heterocycles. The van der Waals surface area contributed by atoms with Crippen LogP contribution in [0.2, 0.25) is 0 Å². The summed E-state index contributed by atoms with van der Waals surface area (Å²) in [6.07, 6.45) is 1.48. The molecule has 1 saturated heterocycles. The first-order valence-corrected chi connectivity index (χ1v) is 9.15. The van der Waals surface area contributed by atoms with E-state index in [2.05, 4.69) is 19.2 Å². The Balaban J connectivity index is 1.55. The van der Waals surface area contributed by atoms with Crippen LogP contribution in [0.25, 0.3) is 0 Å². The quantitative estimate of drug-likeness (QED) is 0.875. The molecule has 1 aliphatic rings. The van der Waals surface area contributed by atoms with Crippen LogP contribution in [-0.2, 0) is 0 Å². The number of anilines is 1. The van der Waals surface area contributed by atoms with Crippen molar-refractivity contribution in [3.05, 3.63) is 48.4 Å². The number of carbonyl (C=O) groups excluding carboxylic acids is 2. The van der Waals surface area contributed by atoms with E-state index >= 15 is 0 Å². The topological polar surface area (TPSA) is 75.0 Å². The first kappa shape index (κ1) is 18.8. The van der Waals surface area contributed by atoms with Gasteiger partial charge in [0.15, 0.2) is 5.76 Å². The van der Waals surface area contributed by atoms with Gasteiger partial charge in [0.25, 0.3) is 5.91 Å². The molecule has 2 aromatic rings. The summed E-state index contributed by atoms with van der Waals surface area (Å²) in [6, 6.07) is 10.6. The Hall–Kier alpha value is -2.96. The van der Waals surface area contributed by atoms with E-state index in [1.165, 1.54) is 6.26 Å². The Kier molecular flexibility index (Phi) is 6.01. The molecule has 0 radical (unpaired) electrons. The van der Waals surface area contributed by atoms with Crippen LogP contribution in [0.3, 0.4) is 0 Å². The molecule has 0 bridgehead atoms. The summed E-state index contributed by atoms with van der Waals surface area (Å²) in [7, 11) is 0. The van der Waals surface area contributed by atoms with Gasteiger partial charge in [0.05, 0.1) is 18.6 Å². The summed E-state index contributed by atoms with van der Waals surface area (Å²) >= 11 is 0. The van der Waals surface area contributed by atoms with Crippen molar-refractivity contribution in [2.75, 3.05) is 38.1 Å². The van der Waals surface area contributed by atoms with Gasteiger partial charge in [-0.25, -0.2) is 4.79 Å². The Morgan fingerprint density at radius 1 is 1.07 bits per heavy atom. The average Bonchev–Trinajstić information content (AvgIpc) is 3.21. The second-order valence-corrected chi connectivity index (χ2v) is 6.89. The average molecular weight is 371 g/mol. The zero-order valence-electron chi connectivity index (χ0n) is 15.7. The first-order chi connectivity index (χ1) is 13.0. The van der Waals surface area contributed by atoms with Gasteiger partial charge in [-0.2, -0.15) is 0 Å². The van der Waals surface area contributed by atoms with Crippen LogP contribution in [0.1, 0.15) is 24.4 Å². The van der Waals surface area contributed by atoms with Crippen molar-refractivity contribution in [3.8, 4) is 5.75 Å². The number of nitrogens with zero attached hydrogens (tertiary/aromatic N) is 2. The number of urea groups is 1. The number of rotatable bonds is 5. The third-order valence-electron chi connectivity index (χ3n) is 4.29. The van der Waals surface area contributed by atoms with Gasteiger partial charge < -0.3 is 24.3 Å². The molecule has 0 unspecified atom stereocenters. The number of carbonyl (C=O) groups is 2. The highest BCUT2D eigenvalue weighted by Crippen LogP contribution is 2.25. The van der Waals surface area contributed by atoms with Crippen LogP contribution in [0.15, 0.2) is 47.1 Å². The van der Waals surface area contributed by atoms with Crippen LogP contribution in [-0.4, -0.2) is 54.5 Å². The van der Waals surface area contributed by atoms with Crippen LogP contribution in [0.5, 0.6) is 5.75 Å². The van der Waals surface area contributed by atoms with E-state index in [4.69, 9.17) is 9.15 Å². The predicted molar refractivity (Wildman–Crippen MR) is 102 cm³/mol. The van der Waals surface area contributed by atoms with Gasteiger partial charge in [0.2, 0.25) is 0 Å². The fourth-order valence-corrected chi connectivity index (χ4v) is 2.82. The fourth-order valence-electron chi connectivity index (χ4n) is 2.82. The van der Waals surface area contributed by atoms with Crippen molar-refractivity contribution in [3.63, 3.8) is 0 Å². The molecule has 0 spiro atoms. The SMILES string of the molecule is CC(C)COc1ccccc1NC(=O)N1CCN(C(=O)c2ccco2)CC1. The van der Waals surface area contributed by atoms with Crippen LogP contribution in [0, 0.1) is 5.92 Å². The molecule has 27 heavy (non-hydrogen) atoms. The minimum Gasteiger partial charge on any atom is -0.491 e. The highest BCUT2D eigenvalue weighted by Gasteiger charge is 2.26. The van der Waals surface area contributed by atoms with Crippen molar-refractivity contribution in [1.29, 1.82) is 0 Å². The van der Waals surface area contributed by atoms with E-state index < -0.39 is 0 Å². The Morgan fingerprint density at radius 2 is 1.78 bits per heavy atom. The lowest BCUT2D eigenvalue weighted by Crippen LogP contribution is -2.51. The van der Waals surface area contributed by atoms with E-state index in [0.29, 0.717) is 55.9 Å². The lowest BCUT2D eigenvalue weighted by atomic mass is 10.2. The minimum atomic E-state index is -0.194. The number of benzene rings is 1. The predicted octanol–water partition coefficient (Wildman–Crippen LogP) is 3.30. The molecule has 0 atom stereocenters. The van der Waals surface area contributed by atoms with Crippen LogP contribution >= 0.6 is 0 Å². The van der Waals surface area contributed by atoms with Crippen molar-refractivity contribution in [1.82, 2.24) is 9.80 Å². The molecule has 0 aliphatic carbocycles. The molecule has 0 saturated carbocycles. The maximum atomic E-state index is 12.6. The monoisotopic (exact) mass is 371 g/mol. The molecule has 1 N–H and O–H groups in total. The maximum absolute atomic E-state index is 12.6. The Morgan fingerprint density at radius 3 is 2.44 bits per heavy atom. The number of ether oxygens (including phenoxy) is 1. The van der Waals surface area contributed by atoms with Gasteiger partial charge >= 0.3 is 6.03 Å². The van der Waals surface area contributed by atoms with Gasteiger partial charge in [-0.3, -0.25) is 4.79 Å². The van der Waals surface area contributed by atoms with E-state index in [-0.39, 0.29) is 11.9 Å². The molecular formula is C20H25N3O4. The van der Waals surface area contributed by atoms with Crippen molar-refractivity contribution >= 4 is 17.6 Å². The normalized spacial score (nSPS) is 14.3. The molecule has 1 aromatic heterocycles. The zero-order valence-corrected chi connectivity index (χ0v) is 15.7. The molecule has 2 heterocycles. The number of hydrogen-bond acceptors (Lipinski definition) is 4. The van der Waals surface area contributed by atoms with Crippen LogP contribution in [0.4, 0.5) is 10.5 Å². The summed E-state index contributed by atoms with van der Waals surface area (Å²) in [4.78, 5) is 28.3. The smallest absolute Gasteiger partial charge is 0.322 e. The Bertz CT molecular complexity index is 765. The van der Waals surface area contributed by atoms with Gasteiger partial charge in [-0.15, -0.1) is 0 Å². The second-order valence-electron chi connectivity index (χ2n) is 6.89. The van der Waals surface area contributed by atoms with Gasteiger partial charge in [0.1, 0.15) is 5.75 Å². The second kappa shape index (κ2) is 8.62. The zero-order chi connectivity index (χ0) is 19.2. The molecule has 3 amide bonds. The molecule has 3 rings (SSSR count). The largest absolute Gasteiger partial charge is 0.491 e. The number of nitrogens with one attached hydrogen (secondary N) is 1. The number of hydrogen-bond donors (Lipinski definition) is 1. The summed E-state index contributed by atoms with van der Waals surface area (Å²) in [5.41, 5.74) is 0.650. The van der Waals surface area contributed by atoms with Crippen molar-refractivity contribution < 1.29 is 18.7 Å². The molecule has 1 aromatic carbocycles. The van der Waals surface area contributed by atoms with Crippen molar-refractivity contribution in [2.45, 2.75) is 13.8 Å². The van der Waals surface area contributed by atoms with E-state index in [1.807, 2.05) is 24.3 Å². The van der Waals surface area contributed by atoms with E-state index in [0.717, 1.165) is 0 Å². The number of para-hydroxylation sites is 2.